The molecule has 0 bridgehead atoms. The lowest BCUT2D eigenvalue weighted by atomic mass is 9.91. The molecule has 1 aliphatic rings. The fourth-order valence-electron chi connectivity index (χ4n) is 2.25. The average molecular weight is 219 g/mol. The number of nitrogens with one attached hydrogen (secondary N) is 1. The first-order valence-electron chi connectivity index (χ1n) is 6.13. The van der Waals surface area contributed by atoms with E-state index in [4.69, 9.17) is 0 Å². The van der Waals surface area contributed by atoms with Crippen LogP contribution in [0.1, 0.15) is 44.7 Å². The molecule has 0 spiro atoms. The Labute approximate surface area is 97.7 Å². The summed E-state index contributed by atoms with van der Waals surface area (Å²) in [5.41, 5.74) is 2.84. The lowest BCUT2D eigenvalue weighted by Crippen LogP contribution is -2.25. The van der Waals surface area contributed by atoms with Gasteiger partial charge in [-0.1, -0.05) is 19.1 Å². The normalized spacial score (nSPS) is 20.1. The van der Waals surface area contributed by atoms with Gasteiger partial charge in [0.1, 0.15) is 0 Å². The van der Waals surface area contributed by atoms with Gasteiger partial charge in [0.25, 0.3) is 0 Å². The molecule has 2 nitrogen and oxygen atoms in total. The van der Waals surface area contributed by atoms with Crippen molar-refractivity contribution in [3.8, 4) is 0 Å². The van der Waals surface area contributed by atoms with Crippen LogP contribution in [0.2, 0.25) is 0 Å². The van der Waals surface area contributed by atoms with E-state index in [1.165, 1.54) is 24.1 Å². The SMILES string of the molecule is CCC1CCc2cc(C(C)(C)O)ccc2N1. The van der Waals surface area contributed by atoms with E-state index in [-0.39, 0.29) is 0 Å². The van der Waals surface area contributed by atoms with Gasteiger partial charge in [0.15, 0.2) is 0 Å². The van der Waals surface area contributed by atoms with E-state index < -0.39 is 5.60 Å². The standard InChI is InChI=1S/C14H21NO/c1-4-12-7-5-10-9-11(14(2,3)16)6-8-13(10)15-12/h6,8-9,12,15-16H,4-5,7H2,1-3H3. The molecule has 1 atom stereocenters. The Bertz CT molecular complexity index is 379. The molecule has 0 aromatic heterocycles. The number of rotatable bonds is 2. The Kier molecular flexibility index (Phi) is 2.94. The molecule has 0 amide bonds. The predicted octanol–water partition coefficient (Wildman–Crippen LogP) is 3.05. The molecule has 0 aliphatic carbocycles. The van der Waals surface area contributed by atoms with Crippen LogP contribution in [0.15, 0.2) is 18.2 Å². The highest BCUT2D eigenvalue weighted by Crippen LogP contribution is 2.30. The van der Waals surface area contributed by atoms with Crippen molar-refractivity contribution in [2.24, 2.45) is 0 Å². The second-order valence-electron chi connectivity index (χ2n) is 5.22. The van der Waals surface area contributed by atoms with Gasteiger partial charge in [0, 0.05) is 11.7 Å². The second kappa shape index (κ2) is 4.10. The maximum atomic E-state index is 9.97. The summed E-state index contributed by atoms with van der Waals surface area (Å²) >= 11 is 0. The maximum absolute atomic E-state index is 9.97. The van der Waals surface area contributed by atoms with Crippen LogP contribution in [-0.2, 0) is 12.0 Å². The number of benzene rings is 1. The van der Waals surface area contributed by atoms with Crippen molar-refractivity contribution in [3.63, 3.8) is 0 Å². The molecule has 2 rings (SSSR count). The van der Waals surface area contributed by atoms with E-state index in [0.29, 0.717) is 6.04 Å². The van der Waals surface area contributed by atoms with Crippen molar-refractivity contribution in [1.29, 1.82) is 0 Å². The summed E-state index contributed by atoms with van der Waals surface area (Å²) in [6, 6.07) is 6.86. The molecule has 0 saturated heterocycles. The molecule has 1 aromatic carbocycles. The largest absolute Gasteiger partial charge is 0.386 e. The molecule has 0 fully saturated rings. The first-order valence-corrected chi connectivity index (χ1v) is 6.13. The van der Waals surface area contributed by atoms with Gasteiger partial charge in [-0.2, -0.15) is 0 Å². The van der Waals surface area contributed by atoms with Crippen LogP contribution in [0.3, 0.4) is 0 Å². The number of hydrogen-bond donors (Lipinski definition) is 2. The van der Waals surface area contributed by atoms with Crippen LogP contribution in [0.25, 0.3) is 0 Å². The molecule has 1 aliphatic heterocycles. The van der Waals surface area contributed by atoms with Crippen molar-refractivity contribution < 1.29 is 5.11 Å². The molecular formula is C14H21NO. The minimum Gasteiger partial charge on any atom is -0.386 e. The van der Waals surface area contributed by atoms with E-state index >= 15 is 0 Å². The average Bonchev–Trinajstić information content (AvgIpc) is 2.26. The molecule has 0 radical (unpaired) electrons. The van der Waals surface area contributed by atoms with Crippen LogP contribution in [0.4, 0.5) is 5.69 Å². The van der Waals surface area contributed by atoms with E-state index in [2.05, 4.69) is 24.4 Å². The van der Waals surface area contributed by atoms with Gasteiger partial charge in [0.2, 0.25) is 0 Å². The topological polar surface area (TPSA) is 32.3 Å². The molecule has 0 saturated carbocycles. The Morgan fingerprint density at radius 3 is 2.81 bits per heavy atom. The monoisotopic (exact) mass is 219 g/mol. The van der Waals surface area contributed by atoms with Gasteiger partial charge in [-0.05, 0) is 50.3 Å². The third-order valence-electron chi connectivity index (χ3n) is 3.43. The molecule has 88 valence electrons. The molecule has 1 heterocycles. The molecule has 2 heteroatoms. The highest BCUT2D eigenvalue weighted by atomic mass is 16.3. The van der Waals surface area contributed by atoms with Crippen LogP contribution in [-0.4, -0.2) is 11.1 Å². The summed E-state index contributed by atoms with van der Waals surface area (Å²) in [7, 11) is 0. The number of fused-ring (bicyclic) bond motifs is 1. The van der Waals surface area contributed by atoms with Crippen LogP contribution in [0, 0.1) is 0 Å². The third-order valence-corrected chi connectivity index (χ3v) is 3.43. The summed E-state index contributed by atoms with van der Waals surface area (Å²) < 4.78 is 0. The number of hydrogen-bond acceptors (Lipinski definition) is 2. The zero-order chi connectivity index (χ0) is 11.8. The molecule has 16 heavy (non-hydrogen) atoms. The van der Waals surface area contributed by atoms with Crippen molar-refractivity contribution in [2.45, 2.75) is 51.7 Å². The lowest BCUT2D eigenvalue weighted by Gasteiger charge is -2.28. The Hall–Kier alpha value is -1.02. The van der Waals surface area contributed by atoms with Crippen molar-refractivity contribution in [1.82, 2.24) is 0 Å². The summed E-state index contributed by atoms with van der Waals surface area (Å²) in [5, 5.41) is 13.5. The Balaban J connectivity index is 2.28. The summed E-state index contributed by atoms with van der Waals surface area (Å²) in [6.45, 7) is 5.88. The Morgan fingerprint density at radius 2 is 2.19 bits per heavy atom. The van der Waals surface area contributed by atoms with Crippen LogP contribution < -0.4 is 5.32 Å². The van der Waals surface area contributed by atoms with E-state index in [1.54, 1.807) is 0 Å². The number of aliphatic hydroxyl groups is 1. The fourth-order valence-corrected chi connectivity index (χ4v) is 2.25. The highest BCUT2D eigenvalue weighted by Gasteiger charge is 2.20. The first kappa shape index (κ1) is 11.5. The number of aryl methyl sites for hydroxylation is 1. The summed E-state index contributed by atoms with van der Waals surface area (Å²) in [4.78, 5) is 0. The van der Waals surface area contributed by atoms with E-state index in [9.17, 15) is 5.11 Å². The van der Waals surface area contributed by atoms with Gasteiger partial charge < -0.3 is 10.4 Å². The van der Waals surface area contributed by atoms with Gasteiger partial charge in [0.05, 0.1) is 5.60 Å². The maximum Gasteiger partial charge on any atom is 0.0840 e. The van der Waals surface area contributed by atoms with Crippen LogP contribution in [0.5, 0.6) is 0 Å². The van der Waals surface area contributed by atoms with Gasteiger partial charge >= 0.3 is 0 Å². The minimum absolute atomic E-state index is 0.612. The summed E-state index contributed by atoms with van der Waals surface area (Å²) in [6.07, 6.45) is 3.48. The lowest BCUT2D eigenvalue weighted by molar-refractivity contribution is 0.0785. The third kappa shape index (κ3) is 2.22. The van der Waals surface area contributed by atoms with Gasteiger partial charge in [-0.25, -0.2) is 0 Å². The molecule has 1 unspecified atom stereocenters. The van der Waals surface area contributed by atoms with Gasteiger partial charge in [-0.3, -0.25) is 0 Å². The quantitative estimate of drug-likeness (QED) is 0.801. The molecule has 2 N–H and O–H groups in total. The highest BCUT2D eigenvalue weighted by molar-refractivity contribution is 5.55. The smallest absolute Gasteiger partial charge is 0.0840 e. The minimum atomic E-state index is -0.739. The zero-order valence-corrected chi connectivity index (χ0v) is 10.4. The van der Waals surface area contributed by atoms with E-state index in [0.717, 1.165) is 12.0 Å². The first-order chi connectivity index (χ1) is 7.50. The van der Waals surface area contributed by atoms with Crippen molar-refractivity contribution >= 4 is 5.69 Å². The van der Waals surface area contributed by atoms with Crippen LogP contribution >= 0.6 is 0 Å². The van der Waals surface area contributed by atoms with E-state index in [1.807, 2.05) is 19.9 Å². The molecular weight excluding hydrogens is 198 g/mol. The fraction of sp³-hybridized carbons (Fsp3) is 0.571. The van der Waals surface area contributed by atoms with Crippen molar-refractivity contribution in [3.05, 3.63) is 29.3 Å². The predicted molar refractivity (Wildman–Crippen MR) is 67.7 cm³/mol. The zero-order valence-electron chi connectivity index (χ0n) is 10.4. The number of anilines is 1. The van der Waals surface area contributed by atoms with Gasteiger partial charge in [-0.15, -0.1) is 0 Å². The second-order valence-corrected chi connectivity index (χ2v) is 5.22. The van der Waals surface area contributed by atoms with Crippen molar-refractivity contribution in [2.75, 3.05) is 5.32 Å². The molecule has 1 aromatic rings. The Morgan fingerprint density at radius 1 is 1.44 bits per heavy atom. The summed E-state index contributed by atoms with van der Waals surface area (Å²) in [5.74, 6) is 0.